The quantitative estimate of drug-likeness (QED) is 0.710. The van der Waals surface area contributed by atoms with Crippen LogP contribution < -0.4 is 10.6 Å². The van der Waals surface area contributed by atoms with E-state index in [1.807, 2.05) is 39.8 Å². The van der Waals surface area contributed by atoms with E-state index >= 15 is 0 Å². The average Bonchev–Trinajstić information content (AvgIpc) is 3.01. The summed E-state index contributed by atoms with van der Waals surface area (Å²) in [5.41, 5.74) is 5.24. The normalized spacial score (nSPS) is 10.6. The molecular formula is C19H20N4OS. The van der Waals surface area contributed by atoms with Crippen LogP contribution in [0.25, 0.3) is 0 Å². The summed E-state index contributed by atoms with van der Waals surface area (Å²) in [4.78, 5) is 21.6. The lowest BCUT2D eigenvalue weighted by atomic mass is 10.1. The van der Waals surface area contributed by atoms with Crippen molar-refractivity contribution in [2.75, 3.05) is 10.6 Å². The molecule has 0 fully saturated rings. The summed E-state index contributed by atoms with van der Waals surface area (Å²) in [6, 6.07) is 7.98. The lowest BCUT2D eigenvalue weighted by molar-refractivity contribution is 0.103. The number of carbonyl (C=O) groups is 1. The van der Waals surface area contributed by atoms with Crippen molar-refractivity contribution in [3.05, 3.63) is 63.8 Å². The summed E-state index contributed by atoms with van der Waals surface area (Å²) >= 11 is 1.30. The third-order valence-corrected chi connectivity index (χ3v) is 4.70. The lowest BCUT2D eigenvalue weighted by Crippen LogP contribution is -2.12. The number of rotatable bonds is 4. The van der Waals surface area contributed by atoms with Crippen molar-refractivity contribution in [1.82, 2.24) is 9.97 Å². The van der Waals surface area contributed by atoms with Crippen LogP contribution in [0.15, 0.2) is 36.7 Å². The molecule has 0 unspecified atom stereocenters. The van der Waals surface area contributed by atoms with Crippen LogP contribution in [0.4, 0.5) is 16.6 Å². The molecule has 0 aliphatic carbocycles. The van der Waals surface area contributed by atoms with Crippen molar-refractivity contribution in [3.8, 4) is 0 Å². The van der Waals surface area contributed by atoms with E-state index in [9.17, 15) is 4.79 Å². The highest BCUT2D eigenvalue weighted by molar-refractivity contribution is 7.17. The molecule has 128 valence electrons. The molecule has 0 saturated heterocycles. The van der Waals surface area contributed by atoms with Gasteiger partial charge in [-0.1, -0.05) is 35.1 Å². The zero-order valence-electron chi connectivity index (χ0n) is 14.7. The summed E-state index contributed by atoms with van der Waals surface area (Å²) in [6.45, 7) is 8.03. The van der Waals surface area contributed by atoms with Gasteiger partial charge in [-0.15, -0.1) is 0 Å². The molecule has 1 aromatic carbocycles. The van der Waals surface area contributed by atoms with E-state index < -0.39 is 0 Å². The Hall–Kier alpha value is -2.73. The van der Waals surface area contributed by atoms with E-state index in [-0.39, 0.29) is 5.91 Å². The molecule has 0 aliphatic rings. The molecule has 2 aromatic heterocycles. The number of thiazole rings is 1. The molecule has 3 rings (SSSR count). The molecule has 0 spiro atoms. The number of nitrogens with one attached hydrogen (secondary N) is 2. The fourth-order valence-corrected chi connectivity index (χ4v) is 3.36. The molecule has 1 amide bonds. The monoisotopic (exact) mass is 352 g/mol. The highest BCUT2D eigenvalue weighted by atomic mass is 32.1. The van der Waals surface area contributed by atoms with Crippen LogP contribution in [-0.4, -0.2) is 15.9 Å². The smallest absolute Gasteiger partial charge is 0.267 e. The topological polar surface area (TPSA) is 66.9 Å². The highest BCUT2D eigenvalue weighted by Crippen LogP contribution is 2.25. The Balaban J connectivity index is 1.74. The zero-order chi connectivity index (χ0) is 18.0. The van der Waals surface area contributed by atoms with E-state index in [2.05, 4.69) is 32.7 Å². The summed E-state index contributed by atoms with van der Waals surface area (Å²) < 4.78 is 0. The summed E-state index contributed by atoms with van der Waals surface area (Å²) in [7, 11) is 0. The van der Waals surface area contributed by atoms with Gasteiger partial charge in [-0.2, -0.15) is 0 Å². The van der Waals surface area contributed by atoms with E-state index in [1.165, 1.54) is 16.9 Å². The number of amides is 1. The molecular weight excluding hydrogens is 332 g/mol. The van der Waals surface area contributed by atoms with Crippen molar-refractivity contribution in [3.63, 3.8) is 0 Å². The van der Waals surface area contributed by atoms with Crippen LogP contribution in [-0.2, 0) is 0 Å². The number of benzene rings is 1. The molecule has 25 heavy (non-hydrogen) atoms. The van der Waals surface area contributed by atoms with Gasteiger partial charge in [-0.25, -0.2) is 9.97 Å². The average molecular weight is 352 g/mol. The summed E-state index contributed by atoms with van der Waals surface area (Å²) in [5, 5.41) is 6.75. The van der Waals surface area contributed by atoms with Gasteiger partial charge < -0.3 is 10.6 Å². The van der Waals surface area contributed by atoms with Crippen molar-refractivity contribution in [2.45, 2.75) is 27.7 Å². The summed E-state index contributed by atoms with van der Waals surface area (Å²) in [5.74, 6) is 0.551. The molecule has 0 atom stereocenters. The Kier molecular flexibility index (Phi) is 4.81. The predicted octanol–water partition coefficient (Wildman–Crippen LogP) is 4.77. The van der Waals surface area contributed by atoms with Crippen LogP contribution in [0.1, 0.15) is 31.9 Å². The maximum absolute atomic E-state index is 12.5. The molecule has 0 saturated carbocycles. The summed E-state index contributed by atoms with van der Waals surface area (Å²) in [6.07, 6.45) is 3.36. The van der Waals surface area contributed by atoms with Gasteiger partial charge in [0, 0.05) is 11.9 Å². The highest BCUT2D eigenvalue weighted by Gasteiger charge is 2.14. The van der Waals surface area contributed by atoms with Crippen LogP contribution in [0, 0.1) is 27.7 Å². The van der Waals surface area contributed by atoms with Crippen LogP contribution in [0.5, 0.6) is 0 Å². The second-order valence-electron chi connectivity index (χ2n) is 6.10. The Morgan fingerprint density at radius 3 is 2.32 bits per heavy atom. The third-order valence-electron chi connectivity index (χ3n) is 3.79. The van der Waals surface area contributed by atoms with Gasteiger partial charge in [0.2, 0.25) is 0 Å². The Labute approximate surface area is 151 Å². The second-order valence-corrected chi connectivity index (χ2v) is 7.13. The third kappa shape index (κ3) is 4.03. The molecule has 3 aromatic rings. The van der Waals surface area contributed by atoms with Gasteiger partial charge in [0.1, 0.15) is 10.7 Å². The van der Waals surface area contributed by atoms with E-state index in [0.29, 0.717) is 15.8 Å². The first-order valence-electron chi connectivity index (χ1n) is 7.97. The van der Waals surface area contributed by atoms with Gasteiger partial charge >= 0.3 is 0 Å². The van der Waals surface area contributed by atoms with Gasteiger partial charge in [-0.05, 0) is 50.5 Å². The van der Waals surface area contributed by atoms with Crippen molar-refractivity contribution < 1.29 is 4.79 Å². The van der Waals surface area contributed by atoms with Crippen LogP contribution in [0.2, 0.25) is 0 Å². The molecule has 0 bridgehead atoms. The molecule has 6 heteroatoms. The minimum Gasteiger partial charge on any atom is -0.321 e. The first-order valence-corrected chi connectivity index (χ1v) is 8.79. The molecule has 5 nitrogen and oxygen atoms in total. The number of hydrogen-bond donors (Lipinski definition) is 2. The minimum atomic E-state index is -0.155. The number of hydrogen-bond acceptors (Lipinski definition) is 5. The van der Waals surface area contributed by atoms with Gasteiger partial charge in [-0.3, -0.25) is 4.79 Å². The van der Waals surface area contributed by atoms with E-state index in [0.717, 1.165) is 22.4 Å². The van der Waals surface area contributed by atoms with Crippen molar-refractivity contribution in [2.24, 2.45) is 0 Å². The Bertz CT molecular complexity index is 892. The standard InChI is InChI=1S/C19H20N4OS/c1-11-5-6-16(20-9-11)22-19-21-10-15(25-19)18(24)23-17-13(3)7-12(2)8-14(17)4/h5-10H,1-4H3,(H,23,24)(H,20,21,22). The first kappa shape index (κ1) is 17.1. The maximum atomic E-state index is 12.5. The molecule has 0 aliphatic heterocycles. The predicted molar refractivity (Wildman–Crippen MR) is 103 cm³/mol. The van der Waals surface area contributed by atoms with Crippen LogP contribution >= 0.6 is 11.3 Å². The van der Waals surface area contributed by atoms with E-state index in [1.54, 1.807) is 12.4 Å². The molecule has 0 radical (unpaired) electrons. The lowest BCUT2D eigenvalue weighted by Gasteiger charge is -2.12. The molecule has 2 heterocycles. The second kappa shape index (κ2) is 7.03. The maximum Gasteiger partial charge on any atom is 0.267 e. The van der Waals surface area contributed by atoms with Crippen LogP contribution in [0.3, 0.4) is 0 Å². The number of anilines is 3. The van der Waals surface area contributed by atoms with E-state index in [4.69, 9.17) is 0 Å². The number of aromatic nitrogens is 2. The van der Waals surface area contributed by atoms with Crippen molar-refractivity contribution >= 4 is 33.9 Å². The zero-order valence-corrected chi connectivity index (χ0v) is 15.5. The Morgan fingerprint density at radius 1 is 0.960 bits per heavy atom. The van der Waals surface area contributed by atoms with Gasteiger partial charge in [0.25, 0.3) is 5.91 Å². The number of nitrogens with zero attached hydrogens (tertiary/aromatic N) is 2. The number of aryl methyl sites for hydroxylation is 4. The largest absolute Gasteiger partial charge is 0.321 e. The minimum absolute atomic E-state index is 0.155. The van der Waals surface area contributed by atoms with Crippen molar-refractivity contribution in [1.29, 1.82) is 0 Å². The fraction of sp³-hybridized carbons (Fsp3) is 0.211. The fourth-order valence-electron chi connectivity index (χ4n) is 2.64. The molecule has 2 N–H and O–H groups in total. The van der Waals surface area contributed by atoms with Gasteiger partial charge in [0.05, 0.1) is 6.20 Å². The van der Waals surface area contributed by atoms with Gasteiger partial charge in [0.15, 0.2) is 5.13 Å². The Morgan fingerprint density at radius 2 is 1.68 bits per heavy atom. The SMILES string of the molecule is Cc1ccc(Nc2ncc(C(=O)Nc3c(C)cc(C)cc3C)s2)nc1. The number of pyridine rings is 1. The number of carbonyl (C=O) groups excluding carboxylic acids is 1. The first-order chi connectivity index (χ1) is 11.9.